The van der Waals surface area contributed by atoms with E-state index in [-0.39, 0.29) is 28.8 Å². The maximum absolute atomic E-state index is 12.7. The highest BCUT2D eigenvalue weighted by atomic mass is 16.2. The van der Waals surface area contributed by atoms with Crippen molar-refractivity contribution in [1.82, 2.24) is 0 Å². The molecule has 0 spiro atoms. The first-order valence-corrected chi connectivity index (χ1v) is 8.71. The zero-order valence-corrected chi connectivity index (χ0v) is 13.5. The topological polar surface area (TPSA) is 51.2 Å². The maximum atomic E-state index is 12.7. The van der Waals surface area contributed by atoms with E-state index in [1.807, 2.05) is 6.92 Å². The Bertz CT molecular complexity index is 616. The Labute approximate surface area is 131 Å². The second kappa shape index (κ2) is 4.39. The van der Waals surface area contributed by atoms with E-state index in [2.05, 4.69) is 6.92 Å². The molecular formula is C19H24O3. The van der Waals surface area contributed by atoms with Crippen LogP contribution in [0, 0.1) is 28.6 Å². The van der Waals surface area contributed by atoms with Crippen LogP contribution in [0.15, 0.2) is 11.6 Å². The lowest BCUT2D eigenvalue weighted by Gasteiger charge is -2.57. The smallest absolute Gasteiger partial charge is 0.222 e. The van der Waals surface area contributed by atoms with E-state index in [1.54, 1.807) is 6.08 Å². The summed E-state index contributed by atoms with van der Waals surface area (Å²) in [5, 5.41) is 0. The van der Waals surface area contributed by atoms with Crippen LogP contribution < -0.4 is 0 Å². The van der Waals surface area contributed by atoms with Crippen LogP contribution in [0.2, 0.25) is 0 Å². The molecule has 0 aromatic carbocycles. The molecular weight excluding hydrogens is 276 g/mol. The first-order valence-electron chi connectivity index (χ1n) is 8.71. The Morgan fingerprint density at radius 3 is 2.59 bits per heavy atom. The Morgan fingerprint density at radius 2 is 1.82 bits per heavy atom. The molecule has 0 bridgehead atoms. The Balaban J connectivity index is 1.78. The third-order valence-corrected chi connectivity index (χ3v) is 7.40. The van der Waals surface area contributed by atoms with Crippen molar-refractivity contribution >= 4 is 17.3 Å². The summed E-state index contributed by atoms with van der Waals surface area (Å²) >= 11 is 0. The summed E-state index contributed by atoms with van der Waals surface area (Å²) in [7, 11) is 0. The quantitative estimate of drug-likeness (QED) is 0.645. The number of carbonyl (C=O) groups excluding carboxylic acids is 3. The van der Waals surface area contributed by atoms with Crippen LogP contribution in [0.5, 0.6) is 0 Å². The first kappa shape index (κ1) is 14.3. The molecule has 22 heavy (non-hydrogen) atoms. The van der Waals surface area contributed by atoms with Crippen molar-refractivity contribution < 1.29 is 14.4 Å². The van der Waals surface area contributed by atoms with E-state index in [9.17, 15) is 14.4 Å². The van der Waals surface area contributed by atoms with Crippen LogP contribution >= 0.6 is 0 Å². The van der Waals surface area contributed by atoms with Crippen LogP contribution in [0.25, 0.3) is 0 Å². The molecule has 0 aliphatic heterocycles. The molecule has 0 N–H and O–H groups in total. The second-order valence-corrected chi connectivity index (χ2v) is 8.35. The molecule has 3 nitrogen and oxygen atoms in total. The summed E-state index contributed by atoms with van der Waals surface area (Å²) in [5.41, 5.74) is 0.447. The standard InChI is InChI=1S/C19H24O3/c1-18-7-4-3-5-13(18)15(20)9-11-12(18)6-8-19(2)14(11)10-16(21)17(19)22/h10-13H,3-9H2,1-2H3/t11-,12+,13?,18-,19+/m1/s1. The molecule has 3 heteroatoms. The van der Waals surface area contributed by atoms with Gasteiger partial charge < -0.3 is 0 Å². The molecule has 5 atom stereocenters. The highest BCUT2D eigenvalue weighted by Crippen LogP contribution is 2.62. The number of hydrogen-bond acceptors (Lipinski definition) is 3. The molecule has 1 unspecified atom stereocenters. The van der Waals surface area contributed by atoms with E-state index in [1.165, 1.54) is 12.8 Å². The van der Waals surface area contributed by atoms with Crippen molar-refractivity contribution in [2.45, 2.75) is 58.8 Å². The monoisotopic (exact) mass is 300 g/mol. The molecule has 0 heterocycles. The van der Waals surface area contributed by atoms with Crippen molar-refractivity contribution in [3.8, 4) is 0 Å². The number of hydrogen-bond donors (Lipinski definition) is 0. The fourth-order valence-corrected chi connectivity index (χ4v) is 6.14. The molecule has 4 aliphatic rings. The molecule has 4 aliphatic carbocycles. The Morgan fingerprint density at radius 1 is 1.05 bits per heavy atom. The third-order valence-electron chi connectivity index (χ3n) is 7.40. The molecule has 118 valence electrons. The van der Waals surface area contributed by atoms with Crippen molar-refractivity contribution in [3.63, 3.8) is 0 Å². The molecule has 0 aromatic rings. The normalized spacial score (nSPS) is 47.6. The highest BCUT2D eigenvalue weighted by Gasteiger charge is 2.60. The van der Waals surface area contributed by atoms with Crippen molar-refractivity contribution in [2.24, 2.45) is 28.6 Å². The average molecular weight is 300 g/mol. The van der Waals surface area contributed by atoms with Crippen LogP contribution in [0.1, 0.15) is 58.8 Å². The highest BCUT2D eigenvalue weighted by molar-refractivity contribution is 6.46. The molecule has 0 saturated heterocycles. The van der Waals surface area contributed by atoms with Gasteiger partial charge in [-0.1, -0.05) is 19.8 Å². The van der Waals surface area contributed by atoms with E-state index in [0.717, 1.165) is 31.3 Å². The summed E-state index contributed by atoms with van der Waals surface area (Å²) in [6.45, 7) is 4.22. The number of Topliss-reactive ketones (excluding diaryl/α,β-unsaturated/α-hetero) is 2. The van der Waals surface area contributed by atoms with E-state index in [0.29, 0.717) is 18.1 Å². The van der Waals surface area contributed by atoms with E-state index >= 15 is 0 Å². The summed E-state index contributed by atoms with van der Waals surface area (Å²) in [5.74, 6) is 0.584. The predicted molar refractivity (Wildman–Crippen MR) is 82.1 cm³/mol. The van der Waals surface area contributed by atoms with Gasteiger partial charge in [-0.15, -0.1) is 0 Å². The van der Waals surface area contributed by atoms with Crippen LogP contribution in [0.3, 0.4) is 0 Å². The minimum Gasteiger partial charge on any atom is -0.299 e. The van der Waals surface area contributed by atoms with Crippen LogP contribution in [-0.4, -0.2) is 17.3 Å². The van der Waals surface area contributed by atoms with Gasteiger partial charge in [0.2, 0.25) is 11.6 Å². The van der Waals surface area contributed by atoms with Gasteiger partial charge in [0, 0.05) is 12.3 Å². The minimum atomic E-state index is -0.615. The zero-order chi connectivity index (χ0) is 15.7. The van der Waals surface area contributed by atoms with Gasteiger partial charge >= 0.3 is 0 Å². The van der Waals surface area contributed by atoms with Crippen LogP contribution in [0.4, 0.5) is 0 Å². The van der Waals surface area contributed by atoms with Crippen molar-refractivity contribution in [3.05, 3.63) is 11.6 Å². The van der Waals surface area contributed by atoms with Gasteiger partial charge in [-0.25, -0.2) is 0 Å². The Kier molecular flexibility index (Phi) is 2.87. The van der Waals surface area contributed by atoms with Gasteiger partial charge in [0.05, 0.1) is 5.41 Å². The maximum Gasteiger partial charge on any atom is 0.222 e. The fraction of sp³-hybridized carbons (Fsp3) is 0.737. The summed E-state index contributed by atoms with van der Waals surface area (Å²) < 4.78 is 0. The fourth-order valence-electron chi connectivity index (χ4n) is 6.14. The number of fused-ring (bicyclic) bond motifs is 5. The Hall–Kier alpha value is -1.25. The molecule has 0 radical (unpaired) electrons. The lowest BCUT2D eigenvalue weighted by molar-refractivity contribution is -0.145. The van der Waals surface area contributed by atoms with E-state index in [4.69, 9.17) is 0 Å². The lowest BCUT2D eigenvalue weighted by atomic mass is 9.46. The molecule has 4 rings (SSSR count). The number of allylic oxidation sites excluding steroid dienone is 2. The van der Waals surface area contributed by atoms with Gasteiger partial charge in [-0.2, -0.15) is 0 Å². The summed E-state index contributed by atoms with van der Waals surface area (Å²) in [6.07, 6.45) is 8.42. The molecule has 0 amide bonds. The minimum absolute atomic E-state index is 0.0785. The first-order chi connectivity index (χ1) is 10.4. The third kappa shape index (κ3) is 1.60. The summed E-state index contributed by atoms with van der Waals surface area (Å²) in [6, 6.07) is 0. The summed E-state index contributed by atoms with van der Waals surface area (Å²) in [4.78, 5) is 37.0. The number of carbonyl (C=O) groups is 3. The lowest BCUT2D eigenvalue weighted by Crippen LogP contribution is -2.53. The van der Waals surface area contributed by atoms with Crippen molar-refractivity contribution in [1.29, 1.82) is 0 Å². The van der Waals surface area contributed by atoms with Gasteiger partial charge in [-0.3, -0.25) is 14.4 Å². The largest absolute Gasteiger partial charge is 0.299 e. The SMILES string of the molecule is C[C@]12CC[C@H]3[C@@H](CC(=O)C4CCCC[C@@]43C)C1=CC(=O)C2=O. The van der Waals surface area contributed by atoms with Crippen molar-refractivity contribution in [2.75, 3.05) is 0 Å². The number of ketones is 3. The van der Waals surface area contributed by atoms with Crippen LogP contribution in [-0.2, 0) is 14.4 Å². The van der Waals surface area contributed by atoms with Gasteiger partial charge in [-0.05, 0) is 61.5 Å². The van der Waals surface area contributed by atoms with Gasteiger partial charge in [0.15, 0.2) is 0 Å². The molecule has 3 saturated carbocycles. The zero-order valence-electron chi connectivity index (χ0n) is 13.5. The average Bonchev–Trinajstić information content (AvgIpc) is 2.71. The molecule has 0 aromatic heterocycles. The van der Waals surface area contributed by atoms with Gasteiger partial charge in [0.25, 0.3) is 0 Å². The number of rotatable bonds is 0. The predicted octanol–water partition coefficient (Wildman–Crippen LogP) is 3.27. The van der Waals surface area contributed by atoms with Gasteiger partial charge in [0.1, 0.15) is 5.78 Å². The second-order valence-electron chi connectivity index (χ2n) is 8.35. The van der Waals surface area contributed by atoms with E-state index < -0.39 is 5.41 Å². The molecule has 3 fully saturated rings.